The molecule has 0 aliphatic heterocycles. The highest BCUT2D eigenvalue weighted by molar-refractivity contribution is 6.81. The highest BCUT2D eigenvalue weighted by atomic mass is 14.3. The van der Waals surface area contributed by atoms with Crippen molar-refractivity contribution in [3.63, 3.8) is 0 Å². The summed E-state index contributed by atoms with van der Waals surface area (Å²) in [5, 5.41) is 30.0. The van der Waals surface area contributed by atoms with Crippen molar-refractivity contribution in [3.8, 4) is 24.5 Å². The lowest BCUT2D eigenvalue weighted by Crippen LogP contribution is -2.01. The zero-order valence-electron chi connectivity index (χ0n) is 4.44. The van der Waals surface area contributed by atoms with Crippen LogP contribution in [0.25, 0.3) is 0 Å². The fraction of sp³-hybridized carbons (Fsp3) is 0. The molecule has 0 unspecified atom stereocenters. The third kappa shape index (κ3) is 6.02. The van der Waals surface area contributed by atoms with Crippen LogP contribution in [0.4, 0.5) is 0 Å². The molecule has 5 heteroatoms. The zero-order valence-corrected chi connectivity index (χ0v) is 4.44. The molecule has 0 atom stereocenters. The molecule has 0 fully saturated rings. The van der Waals surface area contributed by atoms with Crippen molar-refractivity contribution in [2.24, 2.45) is 0 Å². The van der Waals surface area contributed by atoms with Crippen LogP contribution in [0.15, 0.2) is 0 Å². The highest BCUT2D eigenvalue weighted by Gasteiger charge is 2.08. The van der Waals surface area contributed by atoms with Crippen LogP contribution in [0.1, 0.15) is 0 Å². The molecular formula is C4HBN4. The number of rotatable bonds is 0. The topological polar surface area (TPSA) is 95.2 Å². The van der Waals surface area contributed by atoms with Gasteiger partial charge < -0.3 is 0 Å². The third-order valence-electron chi connectivity index (χ3n) is 0.387. The Bertz CT molecular complexity index is 166. The quantitative estimate of drug-likeness (QED) is 0.409. The molecule has 9 heavy (non-hydrogen) atoms. The van der Waals surface area contributed by atoms with Crippen molar-refractivity contribution in [2.75, 3.05) is 0 Å². The third-order valence-corrected chi connectivity index (χ3v) is 0.387. The number of hydrogen-bond donors (Lipinski definition) is 0. The van der Waals surface area contributed by atoms with Crippen molar-refractivity contribution < 1.29 is 0 Å². The molecule has 0 rings (SSSR count). The second-order valence-corrected chi connectivity index (χ2v) is 0.820. The number of hydrogen-bond acceptors (Lipinski definition) is 4. The summed E-state index contributed by atoms with van der Waals surface area (Å²) in [7, 11) is 0. The van der Waals surface area contributed by atoms with Crippen LogP contribution in [-0.2, 0) is 0 Å². The minimum Gasteiger partial charge on any atom is -0.209 e. The van der Waals surface area contributed by atoms with Crippen LogP contribution in [0.2, 0.25) is 0 Å². The molecule has 0 aliphatic carbocycles. The van der Waals surface area contributed by atoms with Crippen LogP contribution in [0.3, 0.4) is 0 Å². The average molecular weight is 116 g/mol. The Balaban J connectivity index is 0. The molecule has 0 amide bonds. The van der Waals surface area contributed by atoms with Crippen molar-refractivity contribution in [2.45, 2.75) is 0 Å². The molecule has 0 saturated heterocycles. The molecule has 0 aromatic rings. The Hall–Kier alpha value is -1.98. The molecular weight excluding hydrogens is 115 g/mol. The second kappa shape index (κ2) is 9.39. The van der Waals surface area contributed by atoms with Crippen LogP contribution in [-0.4, -0.2) is 6.71 Å². The molecule has 0 saturated carbocycles. The molecule has 0 heterocycles. The maximum Gasteiger partial charge on any atom is 0.495 e. The summed E-state index contributed by atoms with van der Waals surface area (Å²) in [6.45, 7) is 2.40. The Morgan fingerprint density at radius 3 is 1.11 bits per heavy atom. The summed E-state index contributed by atoms with van der Waals surface area (Å²) in [6, 6.07) is 0. The first-order valence-electron chi connectivity index (χ1n) is 1.80. The van der Waals surface area contributed by atoms with E-state index in [0.717, 1.165) is 0 Å². The van der Waals surface area contributed by atoms with Crippen molar-refractivity contribution >= 4 is 6.71 Å². The molecule has 0 bridgehead atoms. The van der Waals surface area contributed by atoms with E-state index in [1.54, 1.807) is 0 Å². The summed E-state index contributed by atoms with van der Waals surface area (Å²) >= 11 is 0. The maximum atomic E-state index is 7.83. The fourth-order valence-corrected chi connectivity index (χ4v) is 0.0866. The Morgan fingerprint density at radius 2 is 1.11 bits per heavy atom. The normalized spacial score (nSPS) is 3.89. The monoisotopic (exact) mass is 116 g/mol. The van der Waals surface area contributed by atoms with Gasteiger partial charge in [-0.25, -0.2) is 21.0 Å². The van der Waals surface area contributed by atoms with E-state index in [0.29, 0.717) is 0 Å². The van der Waals surface area contributed by atoms with E-state index >= 15 is 0 Å². The van der Waals surface area contributed by atoms with Gasteiger partial charge in [0.05, 0.1) is 0 Å². The van der Waals surface area contributed by atoms with E-state index in [9.17, 15) is 0 Å². The highest BCUT2D eigenvalue weighted by Crippen LogP contribution is 1.67. The van der Waals surface area contributed by atoms with Gasteiger partial charge in [0.15, 0.2) is 0 Å². The Morgan fingerprint density at radius 1 is 0.889 bits per heavy atom. The summed E-state index contributed by atoms with van der Waals surface area (Å²) < 4.78 is 0. The van der Waals surface area contributed by atoms with Gasteiger partial charge >= 0.3 is 6.71 Å². The first-order valence-corrected chi connectivity index (χ1v) is 1.80. The predicted molar refractivity (Wildman–Crippen MR) is 29.3 cm³/mol. The van der Waals surface area contributed by atoms with Crippen molar-refractivity contribution in [1.29, 1.82) is 21.0 Å². The Kier molecular flexibility index (Phi) is 10.5. The average Bonchev–Trinajstić information content (AvgIpc) is 1.96. The fourth-order valence-electron chi connectivity index (χ4n) is 0.0866. The van der Waals surface area contributed by atoms with Crippen LogP contribution in [0, 0.1) is 45.5 Å². The molecule has 0 aromatic carbocycles. The smallest absolute Gasteiger partial charge is 0.209 e. The zero-order chi connectivity index (χ0) is 7.70. The Labute approximate surface area is 53.2 Å². The standard InChI is InChI=1S/C3BN3.CHN/c5-1-4(2-6)3-7;1-2/h;1H. The molecule has 0 radical (unpaired) electrons. The van der Waals surface area contributed by atoms with Crippen LogP contribution >= 0.6 is 0 Å². The van der Waals surface area contributed by atoms with Gasteiger partial charge in [-0.3, -0.25) is 0 Å². The first kappa shape index (κ1) is 10.1. The van der Waals surface area contributed by atoms with E-state index in [4.69, 9.17) is 21.0 Å². The lowest BCUT2D eigenvalue weighted by atomic mass is 9.55. The SMILES string of the molecule is C#N.N#CB(C#N)C#N. The van der Waals surface area contributed by atoms with Gasteiger partial charge in [0.1, 0.15) is 0 Å². The first-order chi connectivity index (χ1) is 4.35. The molecule has 4 nitrogen and oxygen atoms in total. The van der Waals surface area contributed by atoms with Crippen LogP contribution in [0.5, 0.6) is 0 Å². The molecule has 0 spiro atoms. The minimum absolute atomic E-state index is 1.10. The van der Waals surface area contributed by atoms with Gasteiger partial charge in [0.25, 0.3) is 0 Å². The predicted octanol–water partition coefficient (Wildman–Crippen LogP) is -0.191. The van der Waals surface area contributed by atoms with E-state index in [1.165, 1.54) is 17.9 Å². The van der Waals surface area contributed by atoms with Crippen LogP contribution < -0.4 is 0 Å². The van der Waals surface area contributed by atoms with E-state index < -0.39 is 6.71 Å². The van der Waals surface area contributed by atoms with Gasteiger partial charge in [-0.1, -0.05) is 0 Å². The van der Waals surface area contributed by atoms with E-state index in [1.807, 2.05) is 0 Å². The van der Waals surface area contributed by atoms with Crippen molar-refractivity contribution in [3.05, 3.63) is 0 Å². The van der Waals surface area contributed by atoms with E-state index in [2.05, 4.69) is 6.57 Å². The lowest BCUT2D eigenvalue weighted by Gasteiger charge is -1.61. The van der Waals surface area contributed by atoms with Gasteiger partial charge in [0, 0.05) is 24.5 Å². The van der Waals surface area contributed by atoms with Gasteiger partial charge in [-0.05, 0) is 0 Å². The summed E-state index contributed by atoms with van der Waals surface area (Å²) in [6.07, 6.45) is 0. The van der Waals surface area contributed by atoms with Gasteiger partial charge in [0.2, 0.25) is 0 Å². The summed E-state index contributed by atoms with van der Waals surface area (Å²) in [5.41, 5.74) is 0. The number of nitrogens with zero attached hydrogens (tertiary/aromatic N) is 4. The second-order valence-electron chi connectivity index (χ2n) is 0.820. The van der Waals surface area contributed by atoms with Crippen molar-refractivity contribution in [1.82, 2.24) is 0 Å². The van der Waals surface area contributed by atoms with Gasteiger partial charge in [-0.15, -0.1) is 0 Å². The number of nitriles is 4. The molecule has 0 aromatic heterocycles. The largest absolute Gasteiger partial charge is 0.495 e. The molecule has 0 aliphatic rings. The minimum atomic E-state index is -1.10. The van der Waals surface area contributed by atoms with Gasteiger partial charge in [-0.2, -0.15) is 0 Å². The van der Waals surface area contributed by atoms with E-state index in [-0.39, 0.29) is 0 Å². The summed E-state index contributed by atoms with van der Waals surface area (Å²) in [5.74, 6) is 4.44. The molecule has 0 N–H and O–H groups in total. The summed E-state index contributed by atoms with van der Waals surface area (Å²) in [4.78, 5) is 0. The molecule has 40 valence electrons. The maximum absolute atomic E-state index is 7.83. The lowest BCUT2D eigenvalue weighted by molar-refractivity contribution is 1.52.